The standard InChI is InChI=1S/C23H22FNO3/c1-14-10-11-23(2,3)19-12-16(6-8-18(14)19)21(25-28)9-7-15-4-5-17(22(26)27)13-20(15)24/h4-10,12-13,28H,11H2,1-3H3,(H,26,27)/b9-7+,25-21?. The Morgan fingerprint density at radius 2 is 1.89 bits per heavy atom. The molecule has 4 nitrogen and oxygen atoms in total. The van der Waals surface area contributed by atoms with E-state index in [9.17, 15) is 14.4 Å². The van der Waals surface area contributed by atoms with Crippen LogP contribution < -0.4 is 0 Å². The molecule has 0 radical (unpaired) electrons. The van der Waals surface area contributed by atoms with E-state index in [1.54, 1.807) is 0 Å². The van der Waals surface area contributed by atoms with Crippen molar-refractivity contribution in [2.45, 2.75) is 32.6 Å². The summed E-state index contributed by atoms with van der Waals surface area (Å²) in [5.74, 6) is -1.84. The second-order valence-corrected chi connectivity index (χ2v) is 7.60. The number of allylic oxidation sites excluding steroid dienone is 3. The first-order chi connectivity index (χ1) is 13.2. The zero-order chi connectivity index (χ0) is 20.5. The Morgan fingerprint density at radius 3 is 2.54 bits per heavy atom. The SMILES string of the molecule is CC1=CCC(C)(C)c2cc(C(/C=C/c3ccc(C(=O)O)cc3F)=NO)ccc21. The highest BCUT2D eigenvalue weighted by Crippen LogP contribution is 2.39. The average molecular weight is 379 g/mol. The zero-order valence-corrected chi connectivity index (χ0v) is 16.0. The Hall–Kier alpha value is -3.21. The molecule has 0 aliphatic heterocycles. The van der Waals surface area contributed by atoms with Gasteiger partial charge in [0.15, 0.2) is 0 Å². The third-order valence-electron chi connectivity index (χ3n) is 5.16. The van der Waals surface area contributed by atoms with E-state index in [0.29, 0.717) is 5.71 Å². The van der Waals surface area contributed by atoms with Crippen LogP contribution in [0, 0.1) is 5.82 Å². The minimum absolute atomic E-state index is 0.0338. The monoisotopic (exact) mass is 379 g/mol. The van der Waals surface area contributed by atoms with Gasteiger partial charge >= 0.3 is 5.97 Å². The van der Waals surface area contributed by atoms with Gasteiger partial charge in [-0.1, -0.05) is 43.3 Å². The molecule has 144 valence electrons. The molecule has 0 bridgehead atoms. The van der Waals surface area contributed by atoms with Gasteiger partial charge in [-0.05, 0) is 65.8 Å². The van der Waals surface area contributed by atoms with E-state index >= 15 is 0 Å². The summed E-state index contributed by atoms with van der Waals surface area (Å²) >= 11 is 0. The van der Waals surface area contributed by atoms with Crippen molar-refractivity contribution < 1.29 is 19.5 Å². The Bertz CT molecular complexity index is 1030. The number of rotatable bonds is 4. The normalized spacial score (nSPS) is 16.0. The molecule has 0 saturated heterocycles. The van der Waals surface area contributed by atoms with Crippen LogP contribution >= 0.6 is 0 Å². The predicted octanol–water partition coefficient (Wildman–Crippen LogP) is 5.50. The molecule has 3 rings (SSSR count). The highest BCUT2D eigenvalue weighted by molar-refractivity contribution is 6.10. The first kappa shape index (κ1) is 19.5. The van der Waals surface area contributed by atoms with Crippen molar-refractivity contribution in [1.29, 1.82) is 0 Å². The highest BCUT2D eigenvalue weighted by Gasteiger charge is 2.27. The molecular weight excluding hydrogens is 357 g/mol. The summed E-state index contributed by atoms with van der Waals surface area (Å²) in [5.41, 5.74) is 4.66. The second kappa shape index (κ2) is 7.43. The lowest BCUT2D eigenvalue weighted by molar-refractivity contribution is 0.0696. The van der Waals surface area contributed by atoms with E-state index in [4.69, 9.17) is 5.11 Å². The van der Waals surface area contributed by atoms with Crippen molar-refractivity contribution in [1.82, 2.24) is 0 Å². The topological polar surface area (TPSA) is 69.9 Å². The molecule has 1 aliphatic carbocycles. The van der Waals surface area contributed by atoms with Gasteiger partial charge in [0.1, 0.15) is 11.5 Å². The number of nitrogens with zero attached hydrogens (tertiary/aromatic N) is 1. The van der Waals surface area contributed by atoms with Crippen LogP contribution in [0.15, 0.2) is 53.7 Å². The maximum Gasteiger partial charge on any atom is 0.335 e. The van der Waals surface area contributed by atoms with E-state index < -0.39 is 11.8 Å². The van der Waals surface area contributed by atoms with Crippen molar-refractivity contribution in [2.24, 2.45) is 5.16 Å². The minimum atomic E-state index is -1.19. The fourth-order valence-corrected chi connectivity index (χ4v) is 3.39. The van der Waals surface area contributed by atoms with Crippen LogP contribution in [0.3, 0.4) is 0 Å². The number of carboxylic acid groups (broad SMARTS) is 1. The summed E-state index contributed by atoms with van der Waals surface area (Å²) in [6.45, 7) is 6.42. The maximum absolute atomic E-state index is 14.1. The molecule has 0 amide bonds. The van der Waals surface area contributed by atoms with E-state index in [1.807, 2.05) is 18.2 Å². The third kappa shape index (κ3) is 3.74. The van der Waals surface area contributed by atoms with E-state index in [-0.39, 0.29) is 16.5 Å². The summed E-state index contributed by atoms with van der Waals surface area (Å²) in [6, 6.07) is 9.58. The van der Waals surface area contributed by atoms with Crippen molar-refractivity contribution in [3.05, 3.63) is 82.2 Å². The Labute approximate surface area is 163 Å². The van der Waals surface area contributed by atoms with Crippen molar-refractivity contribution in [3.63, 3.8) is 0 Å². The first-order valence-corrected chi connectivity index (χ1v) is 8.98. The number of hydrogen-bond donors (Lipinski definition) is 2. The highest BCUT2D eigenvalue weighted by atomic mass is 19.1. The first-order valence-electron chi connectivity index (χ1n) is 8.98. The molecular formula is C23H22FNO3. The van der Waals surface area contributed by atoms with Crippen LogP contribution in [-0.2, 0) is 5.41 Å². The smallest absolute Gasteiger partial charge is 0.335 e. The number of carboxylic acids is 1. The van der Waals surface area contributed by atoms with Gasteiger partial charge < -0.3 is 10.3 Å². The van der Waals surface area contributed by atoms with E-state index in [1.165, 1.54) is 41.0 Å². The summed E-state index contributed by atoms with van der Waals surface area (Å²) in [7, 11) is 0. The number of carbonyl (C=O) groups is 1. The van der Waals surface area contributed by atoms with Crippen LogP contribution in [0.4, 0.5) is 4.39 Å². The lowest BCUT2D eigenvalue weighted by atomic mass is 9.73. The van der Waals surface area contributed by atoms with Gasteiger partial charge in [0.05, 0.1) is 5.56 Å². The molecule has 0 unspecified atom stereocenters. The molecule has 5 heteroatoms. The minimum Gasteiger partial charge on any atom is -0.478 e. The molecule has 0 saturated carbocycles. The fraction of sp³-hybridized carbons (Fsp3) is 0.217. The van der Waals surface area contributed by atoms with Crippen LogP contribution in [0.25, 0.3) is 11.6 Å². The van der Waals surface area contributed by atoms with Gasteiger partial charge in [0.2, 0.25) is 0 Å². The number of fused-ring (bicyclic) bond motifs is 1. The Morgan fingerprint density at radius 1 is 1.18 bits per heavy atom. The summed E-state index contributed by atoms with van der Waals surface area (Å²) < 4.78 is 14.1. The van der Waals surface area contributed by atoms with Crippen molar-refractivity contribution in [2.75, 3.05) is 0 Å². The second-order valence-electron chi connectivity index (χ2n) is 7.60. The number of halogens is 1. The lowest BCUT2D eigenvalue weighted by Crippen LogP contribution is -2.21. The van der Waals surface area contributed by atoms with Gasteiger partial charge in [-0.2, -0.15) is 0 Å². The van der Waals surface area contributed by atoms with Gasteiger partial charge in [-0.15, -0.1) is 0 Å². The average Bonchev–Trinajstić information content (AvgIpc) is 2.66. The molecule has 0 spiro atoms. The van der Waals surface area contributed by atoms with E-state index in [2.05, 4.69) is 32.0 Å². The molecule has 2 N–H and O–H groups in total. The molecule has 2 aromatic rings. The van der Waals surface area contributed by atoms with Crippen molar-refractivity contribution in [3.8, 4) is 0 Å². The molecule has 2 aromatic carbocycles. The van der Waals surface area contributed by atoms with E-state index in [0.717, 1.165) is 18.1 Å². The van der Waals surface area contributed by atoms with Gasteiger partial charge in [-0.3, -0.25) is 0 Å². The Kier molecular flexibility index (Phi) is 5.18. The number of oxime groups is 1. The van der Waals surface area contributed by atoms with Crippen LogP contribution in [0.2, 0.25) is 0 Å². The number of aromatic carboxylic acids is 1. The van der Waals surface area contributed by atoms with Crippen LogP contribution in [-0.4, -0.2) is 22.0 Å². The summed E-state index contributed by atoms with van der Waals surface area (Å²) in [4.78, 5) is 10.9. The number of hydrogen-bond acceptors (Lipinski definition) is 3. The van der Waals surface area contributed by atoms with Crippen molar-refractivity contribution >= 4 is 23.3 Å². The van der Waals surface area contributed by atoms with Gasteiger partial charge in [0.25, 0.3) is 0 Å². The maximum atomic E-state index is 14.1. The largest absolute Gasteiger partial charge is 0.478 e. The fourth-order valence-electron chi connectivity index (χ4n) is 3.39. The third-order valence-corrected chi connectivity index (χ3v) is 5.16. The van der Waals surface area contributed by atoms with Crippen LogP contribution in [0.5, 0.6) is 0 Å². The molecule has 1 aliphatic rings. The van der Waals surface area contributed by atoms with Gasteiger partial charge in [-0.25, -0.2) is 9.18 Å². The summed E-state index contributed by atoms with van der Waals surface area (Å²) in [6.07, 6.45) is 6.13. The Balaban J connectivity index is 1.94. The van der Waals surface area contributed by atoms with Crippen LogP contribution in [0.1, 0.15) is 59.8 Å². The number of benzene rings is 2. The molecule has 0 atom stereocenters. The predicted molar refractivity (Wildman–Crippen MR) is 108 cm³/mol. The molecule has 0 aromatic heterocycles. The summed E-state index contributed by atoms with van der Waals surface area (Å²) in [5, 5.41) is 21.8. The quantitative estimate of drug-likeness (QED) is 0.419. The zero-order valence-electron chi connectivity index (χ0n) is 16.0. The molecule has 28 heavy (non-hydrogen) atoms. The lowest BCUT2D eigenvalue weighted by Gasteiger charge is -2.31. The van der Waals surface area contributed by atoms with Gasteiger partial charge in [0, 0.05) is 11.1 Å². The molecule has 0 heterocycles. The molecule has 0 fully saturated rings.